The molecule has 1 aliphatic rings. The monoisotopic (exact) mass is 299 g/mol. The van der Waals surface area contributed by atoms with E-state index in [0.717, 1.165) is 36.0 Å². The predicted molar refractivity (Wildman–Crippen MR) is 83.1 cm³/mol. The molecule has 5 heteroatoms. The molecule has 0 fully saturated rings. The Bertz CT molecular complexity index is 728. The second kappa shape index (κ2) is 5.16. The molecule has 4 heterocycles. The Hall–Kier alpha value is -1.85. The zero-order valence-corrected chi connectivity index (χ0v) is 12.7. The van der Waals surface area contributed by atoms with Crippen molar-refractivity contribution in [2.24, 2.45) is 0 Å². The van der Waals surface area contributed by atoms with Gasteiger partial charge in [0.25, 0.3) is 0 Å². The number of thiophene rings is 1. The molecule has 0 aromatic carbocycles. The van der Waals surface area contributed by atoms with E-state index >= 15 is 0 Å². The summed E-state index contributed by atoms with van der Waals surface area (Å²) in [6.45, 7) is 5.18. The van der Waals surface area contributed by atoms with Gasteiger partial charge in [0.1, 0.15) is 0 Å². The molecule has 1 unspecified atom stereocenters. The second-order valence-corrected chi connectivity index (χ2v) is 6.38. The molecule has 1 atom stereocenters. The van der Waals surface area contributed by atoms with Gasteiger partial charge in [0.2, 0.25) is 0 Å². The summed E-state index contributed by atoms with van der Waals surface area (Å²) < 4.78 is 7.80. The smallest absolute Gasteiger partial charge is 0.177 e. The van der Waals surface area contributed by atoms with Crippen molar-refractivity contribution in [1.29, 1.82) is 0 Å². The minimum atomic E-state index is 0.413. The van der Waals surface area contributed by atoms with Crippen LogP contribution in [-0.2, 0) is 13.1 Å². The Morgan fingerprint density at radius 3 is 3.14 bits per heavy atom. The number of hydrogen-bond donors (Lipinski definition) is 0. The summed E-state index contributed by atoms with van der Waals surface area (Å²) in [7, 11) is 0. The highest BCUT2D eigenvalue weighted by Gasteiger charge is 2.24. The molecule has 21 heavy (non-hydrogen) atoms. The molecule has 4 rings (SSSR count). The molecular weight excluding hydrogens is 282 g/mol. The highest BCUT2D eigenvalue weighted by Crippen LogP contribution is 2.29. The predicted octanol–water partition coefficient (Wildman–Crippen LogP) is 3.78. The van der Waals surface area contributed by atoms with Gasteiger partial charge in [-0.05, 0) is 30.5 Å². The summed E-state index contributed by atoms with van der Waals surface area (Å²) in [6, 6.07) is 10.9. The summed E-state index contributed by atoms with van der Waals surface area (Å²) in [5.74, 6) is 0.869. The zero-order chi connectivity index (χ0) is 14.2. The van der Waals surface area contributed by atoms with Crippen LogP contribution in [0.25, 0.3) is 10.6 Å². The van der Waals surface area contributed by atoms with Crippen molar-refractivity contribution in [1.82, 2.24) is 14.6 Å². The van der Waals surface area contributed by atoms with Crippen LogP contribution in [0.15, 0.2) is 46.4 Å². The first-order valence-electron chi connectivity index (χ1n) is 7.20. The van der Waals surface area contributed by atoms with E-state index in [9.17, 15) is 0 Å². The van der Waals surface area contributed by atoms with Gasteiger partial charge in [-0.2, -0.15) is 0 Å². The molecule has 0 bridgehead atoms. The molecule has 3 aromatic rings. The fourth-order valence-electron chi connectivity index (χ4n) is 2.97. The largest absolute Gasteiger partial charge is 0.355 e. The second-order valence-electron chi connectivity index (χ2n) is 5.43. The van der Waals surface area contributed by atoms with E-state index in [-0.39, 0.29) is 0 Å². The zero-order valence-electron chi connectivity index (χ0n) is 11.9. The van der Waals surface area contributed by atoms with E-state index in [1.54, 1.807) is 11.3 Å². The summed E-state index contributed by atoms with van der Waals surface area (Å²) in [6.07, 6.45) is 2.16. The molecule has 3 aromatic heterocycles. The molecule has 1 aliphatic heterocycles. The fourth-order valence-corrected chi connectivity index (χ4v) is 3.65. The van der Waals surface area contributed by atoms with Crippen LogP contribution in [0.4, 0.5) is 0 Å². The average molecular weight is 299 g/mol. The molecule has 108 valence electrons. The standard InChI is InChI=1S/C16H17N3OS/c1-12-14-4-2-6-18(14)7-8-19(12)11-13-10-15(20-17-13)16-5-3-9-21-16/h2-6,9-10,12H,7-8,11H2,1H3. The first kappa shape index (κ1) is 12.9. The topological polar surface area (TPSA) is 34.2 Å². The maximum atomic E-state index is 5.47. The first-order valence-corrected chi connectivity index (χ1v) is 8.08. The van der Waals surface area contributed by atoms with Crippen LogP contribution in [0, 0.1) is 0 Å². The number of fused-ring (bicyclic) bond motifs is 1. The van der Waals surface area contributed by atoms with Gasteiger partial charge < -0.3 is 9.09 Å². The number of aromatic nitrogens is 2. The summed E-state index contributed by atoms with van der Waals surface area (Å²) in [4.78, 5) is 3.58. The van der Waals surface area contributed by atoms with Crippen molar-refractivity contribution in [2.45, 2.75) is 26.1 Å². The van der Waals surface area contributed by atoms with Gasteiger partial charge in [-0.3, -0.25) is 4.90 Å². The molecule has 0 aliphatic carbocycles. The molecule has 0 amide bonds. The Kier molecular flexibility index (Phi) is 3.16. The average Bonchev–Trinajstić information content (AvgIpc) is 3.21. The van der Waals surface area contributed by atoms with Gasteiger partial charge in [-0.15, -0.1) is 11.3 Å². The lowest BCUT2D eigenvalue weighted by Crippen LogP contribution is -2.35. The van der Waals surface area contributed by atoms with Crippen molar-refractivity contribution in [3.63, 3.8) is 0 Å². The summed E-state index contributed by atoms with van der Waals surface area (Å²) in [5.41, 5.74) is 2.38. The van der Waals surface area contributed by atoms with Gasteiger partial charge >= 0.3 is 0 Å². The Labute approximate surface area is 127 Å². The van der Waals surface area contributed by atoms with Gasteiger partial charge in [-0.1, -0.05) is 11.2 Å². The van der Waals surface area contributed by atoms with E-state index in [1.165, 1.54) is 5.69 Å². The molecule has 4 nitrogen and oxygen atoms in total. The first-order chi connectivity index (χ1) is 10.3. The van der Waals surface area contributed by atoms with Crippen molar-refractivity contribution < 1.29 is 4.52 Å². The molecule has 0 N–H and O–H groups in total. The van der Waals surface area contributed by atoms with Gasteiger partial charge in [0, 0.05) is 43.6 Å². The molecule has 0 radical (unpaired) electrons. The minimum absolute atomic E-state index is 0.413. The van der Waals surface area contributed by atoms with Crippen LogP contribution in [0.1, 0.15) is 24.4 Å². The Morgan fingerprint density at radius 1 is 1.33 bits per heavy atom. The van der Waals surface area contributed by atoms with Crippen LogP contribution < -0.4 is 0 Å². The minimum Gasteiger partial charge on any atom is -0.355 e. The van der Waals surface area contributed by atoms with Gasteiger partial charge in [0.15, 0.2) is 5.76 Å². The van der Waals surface area contributed by atoms with E-state index in [1.807, 2.05) is 6.07 Å². The molecule has 0 saturated carbocycles. The fraction of sp³-hybridized carbons (Fsp3) is 0.312. The highest BCUT2D eigenvalue weighted by molar-refractivity contribution is 7.13. The van der Waals surface area contributed by atoms with Crippen molar-refractivity contribution in [3.05, 3.63) is 53.3 Å². The van der Waals surface area contributed by atoms with E-state index in [2.05, 4.69) is 57.4 Å². The van der Waals surface area contributed by atoms with E-state index in [4.69, 9.17) is 4.52 Å². The van der Waals surface area contributed by atoms with Crippen molar-refractivity contribution in [2.75, 3.05) is 6.54 Å². The van der Waals surface area contributed by atoms with Crippen molar-refractivity contribution >= 4 is 11.3 Å². The number of nitrogens with zero attached hydrogens (tertiary/aromatic N) is 3. The SMILES string of the molecule is CC1c2cccn2CCN1Cc1cc(-c2cccs2)on1. The van der Waals surface area contributed by atoms with Crippen LogP contribution in [0.3, 0.4) is 0 Å². The van der Waals surface area contributed by atoms with Crippen LogP contribution in [-0.4, -0.2) is 21.2 Å². The quantitative estimate of drug-likeness (QED) is 0.738. The summed E-state index contributed by atoms with van der Waals surface area (Å²) >= 11 is 1.68. The lowest BCUT2D eigenvalue weighted by molar-refractivity contribution is 0.157. The maximum absolute atomic E-state index is 5.47. The third-order valence-corrected chi connectivity index (χ3v) is 5.04. The van der Waals surface area contributed by atoms with Gasteiger partial charge in [0.05, 0.1) is 10.6 Å². The normalized spacial score (nSPS) is 18.8. The highest BCUT2D eigenvalue weighted by atomic mass is 32.1. The van der Waals surface area contributed by atoms with Gasteiger partial charge in [-0.25, -0.2) is 0 Å². The Balaban J connectivity index is 1.52. The molecule has 0 saturated heterocycles. The summed E-state index contributed by atoms with van der Waals surface area (Å²) in [5, 5.41) is 6.28. The van der Waals surface area contributed by atoms with Crippen LogP contribution in [0.2, 0.25) is 0 Å². The number of rotatable bonds is 3. The maximum Gasteiger partial charge on any atom is 0.177 e. The van der Waals surface area contributed by atoms with E-state index in [0.29, 0.717) is 6.04 Å². The van der Waals surface area contributed by atoms with E-state index < -0.39 is 0 Å². The molecule has 0 spiro atoms. The lowest BCUT2D eigenvalue weighted by Gasteiger charge is -2.34. The third-order valence-electron chi connectivity index (χ3n) is 4.16. The van der Waals surface area contributed by atoms with Crippen molar-refractivity contribution in [3.8, 4) is 10.6 Å². The Morgan fingerprint density at radius 2 is 2.29 bits per heavy atom. The third kappa shape index (κ3) is 2.32. The van der Waals surface area contributed by atoms with Crippen LogP contribution in [0.5, 0.6) is 0 Å². The number of hydrogen-bond acceptors (Lipinski definition) is 4. The van der Waals surface area contributed by atoms with Crippen LogP contribution >= 0.6 is 11.3 Å². The molecular formula is C16H17N3OS. The lowest BCUT2D eigenvalue weighted by atomic mass is 10.1.